The van der Waals surface area contributed by atoms with Crippen LogP contribution in [-0.2, 0) is 10.4 Å². The zero-order valence-corrected chi connectivity index (χ0v) is 26.2. The van der Waals surface area contributed by atoms with Crippen molar-refractivity contribution in [2.45, 2.75) is 90.5 Å². The molecule has 0 aromatic heterocycles. The van der Waals surface area contributed by atoms with Crippen LogP contribution in [0.1, 0.15) is 77.8 Å². The Balaban J connectivity index is 1.26. The molecule has 2 saturated heterocycles. The molecule has 9 heteroatoms. The van der Waals surface area contributed by atoms with Crippen LogP contribution < -0.4 is 11.1 Å². The number of amides is 1. The van der Waals surface area contributed by atoms with Gasteiger partial charge in [0.05, 0.1) is 23.7 Å². The first-order chi connectivity index (χ1) is 19.3. The maximum absolute atomic E-state index is 13.3. The quantitative estimate of drug-likeness (QED) is 0.280. The Morgan fingerprint density at radius 3 is 2.27 bits per heavy atom. The number of anilines is 2. The van der Waals surface area contributed by atoms with Gasteiger partial charge in [-0.3, -0.25) is 19.6 Å². The fourth-order valence-electron chi connectivity index (χ4n) is 6.67. The Labute approximate surface area is 247 Å². The molecule has 2 unspecified atom stereocenters. The molecular formula is C32H54N6O3. The lowest BCUT2D eigenvalue weighted by molar-refractivity contribution is -0.139. The van der Waals surface area contributed by atoms with Gasteiger partial charge >= 0.3 is 0 Å². The van der Waals surface area contributed by atoms with Crippen molar-refractivity contribution in [2.24, 2.45) is 16.3 Å². The minimum Gasteiger partial charge on any atom is -0.398 e. The first-order valence-corrected chi connectivity index (χ1v) is 15.6. The van der Waals surface area contributed by atoms with Gasteiger partial charge in [-0.05, 0) is 63.5 Å². The van der Waals surface area contributed by atoms with Crippen LogP contribution in [0.4, 0.5) is 11.4 Å². The third-order valence-electron chi connectivity index (χ3n) is 9.42. The van der Waals surface area contributed by atoms with E-state index in [0.29, 0.717) is 37.3 Å². The number of nitrogens with zero attached hydrogens (tertiary/aromatic N) is 4. The van der Waals surface area contributed by atoms with E-state index in [2.05, 4.69) is 35.9 Å². The smallest absolute Gasteiger partial charge is 0.227 e. The number of nitrogens with one attached hydrogen (secondary N) is 1. The Morgan fingerprint density at radius 1 is 1.07 bits per heavy atom. The fourth-order valence-corrected chi connectivity index (χ4v) is 6.67. The van der Waals surface area contributed by atoms with Crippen molar-refractivity contribution in [3.8, 4) is 0 Å². The summed E-state index contributed by atoms with van der Waals surface area (Å²) in [4.78, 5) is 25.2. The van der Waals surface area contributed by atoms with E-state index in [4.69, 9.17) is 10.7 Å². The third-order valence-corrected chi connectivity index (χ3v) is 9.42. The van der Waals surface area contributed by atoms with Crippen molar-refractivity contribution < 1.29 is 15.0 Å². The molecule has 0 spiro atoms. The minimum absolute atomic E-state index is 0.0581. The molecule has 3 fully saturated rings. The molecule has 4 rings (SSSR count). The Hall–Kier alpha value is -2.20. The molecule has 1 aliphatic carbocycles. The van der Waals surface area contributed by atoms with Crippen LogP contribution in [0.2, 0.25) is 0 Å². The van der Waals surface area contributed by atoms with Gasteiger partial charge < -0.3 is 26.2 Å². The average molecular weight is 571 g/mol. The van der Waals surface area contributed by atoms with E-state index in [-0.39, 0.29) is 23.3 Å². The average Bonchev–Trinajstić information content (AvgIpc) is 3.36. The zero-order valence-electron chi connectivity index (χ0n) is 26.2. The number of nitrogen functional groups attached to an aromatic ring is 1. The first kappa shape index (κ1) is 31.7. The number of aliphatic hydroxyl groups is 2. The van der Waals surface area contributed by atoms with Gasteiger partial charge in [0.15, 0.2) is 0 Å². The van der Waals surface area contributed by atoms with Crippen molar-refractivity contribution in [2.75, 3.05) is 63.9 Å². The van der Waals surface area contributed by atoms with Gasteiger partial charge in [0.25, 0.3) is 0 Å². The molecule has 230 valence electrons. The van der Waals surface area contributed by atoms with Gasteiger partial charge in [0.1, 0.15) is 0 Å². The summed E-state index contributed by atoms with van der Waals surface area (Å²) in [6, 6.07) is 4.73. The van der Waals surface area contributed by atoms with Gasteiger partial charge in [-0.1, -0.05) is 20.8 Å². The normalized spacial score (nSPS) is 26.0. The number of aliphatic hydroxyl groups excluding tert-OH is 1. The van der Waals surface area contributed by atoms with Crippen LogP contribution in [0.15, 0.2) is 17.1 Å². The number of aliphatic imine (C=N–C) groups is 1. The van der Waals surface area contributed by atoms with Crippen LogP contribution in [0.5, 0.6) is 0 Å². The summed E-state index contributed by atoms with van der Waals surface area (Å²) < 4.78 is 0. The number of piperazine rings is 1. The minimum atomic E-state index is -0.976. The third kappa shape index (κ3) is 8.00. The van der Waals surface area contributed by atoms with Gasteiger partial charge in [0, 0.05) is 87.6 Å². The summed E-state index contributed by atoms with van der Waals surface area (Å²) >= 11 is 0. The number of carbonyl (C=O) groups excluding carboxylic acids is 1. The SMILES string of the molecule is CNc1cc(C=NC2CCC(N3CCN(CC(C(=O)N4CCC(O)C4)C(C)(C)C)CC3)CC2)c(N)cc1C(C)(C)O. The number of likely N-dealkylation sites (tertiary alicyclic amines) is 1. The number of hydrogen-bond donors (Lipinski definition) is 4. The summed E-state index contributed by atoms with van der Waals surface area (Å²) in [5.74, 6) is 0.143. The van der Waals surface area contributed by atoms with E-state index in [1.54, 1.807) is 13.8 Å². The van der Waals surface area contributed by atoms with Crippen LogP contribution in [-0.4, -0.2) is 108 Å². The van der Waals surface area contributed by atoms with E-state index < -0.39 is 5.60 Å². The molecule has 41 heavy (non-hydrogen) atoms. The lowest BCUT2D eigenvalue weighted by Crippen LogP contribution is -2.54. The van der Waals surface area contributed by atoms with E-state index in [0.717, 1.165) is 75.2 Å². The highest BCUT2D eigenvalue weighted by molar-refractivity contribution is 5.89. The second-order valence-corrected chi connectivity index (χ2v) is 14.1. The molecule has 1 saturated carbocycles. The number of hydrogen-bond acceptors (Lipinski definition) is 8. The summed E-state index contributed by atoms with van der Waals surface area (Å²) in [6.45, 7) is 16.0. The molecule has 1 amide bonds. The summed E-state index contributed by atoms with van der Waals surface area (Å²) in [7, 11) is 1.85. The molecular weight excluding hydrogens is 516 g/mol. The predicted octanol–water partition coefficient (Wildman–Crippen LogP) is 3.14. The van der Waals surface area contributed by atoms with E-state index >= 15 is 0 Å². The van der Waals surface area contributed by atoms with Crippen molar-refractivity contribution in [1.82, 2.24) is 14.7 Å². The number of rotatable bonds is 8. The molecule has 3 aliphatic rings. The Kier molecular flexibility index (Phi) is 10.0. The van der Waals surface area contributed by atoms with Crippen LogP contribution in [0.25, 0.3) is 0 Å². The Morgan fingerprint density at radius 2 is 1.73 bits per heavy atom. The molecule has 0 bridgehead atoms. The largest absolute Gasteiger partial charge is 0.398 e. The maximum atomic E-state index is 13.3. The monoisotopic (exact) mass is 570 g/mol. The molecule has 0 radical (unpaired) electrons. The molecule has 1 aromatic carbocycles. The standard InChI is InChI=1S/C32H54N6O3/c1-31(2,3)27(30(40)38-12-11-25(39)20-38)21-36-13-15-37(16-14-36)24-9-7-23(8-10-24)35-19-22-17-29(34-6)26(18-28(22)33)32(4,5)41/h17-19,23-25,27,34,39,41H,7-16,20-21,33H2,1-6H3. The molecule has 2 heterocycles. The lowest BCUT2D eigenvalue weighted by atomic mass is 9.79. The molecule has 2 atom stereocenters. The Bertz CT molecular complexity index is 1060. The van der Waals surface area contributed by atoms with E-state index in [9.17, 15) is 15.0 Å². The van der Waals surface area contributed by atoms with E-state index in [1.807, 2.05) is 30.3 Å². The molecule has 9 nitrogen and oxygen atoms in total. The molecule has 2 aliphatic heterocycles. The summed E-state index contributed by atoms with van der Waals surface area (Å²) in [5, 5.41) is 23.6. The zero-order chi connectivity index (χ0) is 29.9. The van der Waals surface area contributed by atoms with E-state index in [1.165, 1.54) is 0 Å². The van der Waals surface area contributed by atoms with Crippen molar-refractivity contribution in [1.29, 1.82) is 0 Å². The lowest BCUT2D eigenvalue weighted by Gasteiger charge is -2.43. The van der Waals surface area contributed by atoms with Gasteiger partial charge in [-0.2, -0.15) is 0 Å². The van der Waals surface area contributed by atoms with Gasteiger partial charge in [0.2, 0.25) is 5.91 Å². The molecule has 1 aromatic rings. The van der Waals surface area contributed by atoms with Crippen LogP contribution in [0, 0.1) is 11.3 Å². The van der Waals surface area contributed by atoms with Crippen LogP contribution >= 0.6 is 0 Å². The number of β-amino-alcohol motifs (C(OH)–C–C–N with tert-alkyl or cyclic N) is 1. The number of carbonyl (C=O) groups is 1. The number of nitrogens with two attached hydrogens (primary N) is 1. The van der Waals surface area contributed by atoms with Gasteiger partial charge in [-0.25, -0.2) is 0 Å². The van der Waals surface area contributed by atoms with Crippen molar-refractivity contribution in [3.63, 3.8) is 0 Å². The summed E-state index contributed by atoms with van der Waals surface area (Å²) in [6.07, 6.45) is 6.67. The first-order valence-electron chi connectivity index (χ1n) is 15.6. The second kappa shape index (κ2) is 13.0. The van der Waals surface area contributed by atoms with Crippen molar-refractivity contribution in [3.05, 3.63) is 23.3 Å². The fraction of sp³-hybridized carbons (Fsp3) is 0.750. The second-order valence-electron chi connectivity index (χ2n) is 14.1. The highest BCUT2D eigenvalue weighted by Gasteiger charge is 2.38. The highest BCUT2D eigenvalue weighted by atomic mass is 16.3. The highest BCUT2D eigenvalue weighted by Crippen LogP contribution is 2.33. The topological polar surface area (TPSA) is 118 Å². The summed E-state index contributed by atoms with van der Waals surface area (Å²) in [5.41, 5.74) is 8.39. The number of benzene rings is 1. The maximum Gasteiger partial charge on any atom is 0.227 e. The predicted molar refractivity (Wildman–Crippen MR) is 167 cm³/mol. The molecule has 5 N–H and O–H groups in total. The van der Waals surface area contributed by atoms with Gasteiger partial charge in [-0.15, -0.1) is 0 Å². The van der Waals surface area contributed by atoms with Crippen LogP contribution in [0.3, 0.4) is 0 Å². The van der Waals surface area contributed by atoms with Crippen molar-refractivity contribution >= 4 is 23.5 Å².